The van der Waals surface area contributed by atoms with Crippen molar-refractivity contribution in [3.63, 3.8) is 0 Å². The highest BCUT2D eigenvalue weighted by molar-refractivity contribution is 9.10. The predicted molar refractivity (Wildman–Crippen MR) is 106 cm³/mol. The summed E-state index contributed by atoms with van der Waals surface area (Å²) in [5, 5.41) is 12.0. The molecular weight excluding hydrogens is 398 g/mol. The summed E-state index contributed by atoms with van der Waals surface area (Å²) in [5.74, 6) is -0.855. The maximum Gasteiger partial charge on any atom is 0.170 e. The van der Waals surface area contributed by atoms with Gasteiger partial charge in [-0.25, -0.2) is 4.98 Å². The fraction of sp³-hybridized carbons (Fsp3) is 0.421. The fourth-order valence-corrected chi connectivity index (χ4v) is 3.81. The first-order chi connectivity index (χ1) is 12.1. The van der Waals surface area contributed by atoms with Crippen molar-refractivity contribution >= 4 is 33.0 Å². The lowest BCUT2D eigenvalue weighted by atomic mass is 10.1. The van der Waals surface area contributed by atoms with Gasteiger partial charge in [0.05, 0.1) is 18.3 Å². The molecule has 1 aromatic carbocycles. The van der Waals surface area contributed by atoms with E-state index in [4.69, 9.17) is 0 Å². The third-order valence-corrected chi connectivity index (χ3v) is 5.26. The van der Waals surface area contributed by atoms with E-state index in [0.29, 0.717) is 11.6 Å². The molecule has 0 fully saturated rings. The Morgan fingerprint density at radius 3 is 2.48 bits per heavy atom. The van der Waals surface area contributed by atoms with Crippen LogP contribution in [0.1, 0.15) is 37.6 Å². The second-order valence-electron chi connectivity index (χ2n) is 5.88. The molecule has 0 aliphatic rings. The molecule has 0 aliphatic heterocycles. The minimum absolute atomic E-state index is 0.0684. The van der Waals surface area contributed by atoms with Crippen molar-refractivity contribution in [3.8, 4) is 17.3 Å². The Labute approximate surface area is 161 Å². The Balaban J connectivity index is 2.13. The van der Waals surface area contributed by atoms with Gasteiger partial charge in [-0.1, -0.05) is 41.9 Å². The van der Waals surface area contributed by atoms with E-state index in [9.17, 15) is 10.1 Å². The Bertz CT molecular complexity index is 730. The van der Waals surface area contributed by atoms with Crippen molar-refractivity contribution in [2.24, 2.45) is 0 Å². The van der Waals surface area contributed by atoms with Crippen LogP contribution < -0.4 is 0 Å². The van der Waals surface area contributed by atoms with Crippen molar-refractivity contribution in [2.45, 2.75) is 32.6 Å². The first kappa shape index (κ1) is 19.8. The van der Waals surface area contributed by atoms with E-state index in [1.807, 2.05) is 29.6 Å². The summed E-state index contributed by atoms with van der Waals surface area (Å²) in [6.45, 7) is 6.26. The highest BCUT2D eigenvalue weighted by Crippen LogP contribution is 2.28. The molecule has 0 radical (unpaired) electrons. The van der Waals surface area contributed by atoms with Crippen molar-refractivity contribution in [2.75, 3.05) is 19.6 Å². The maximum atomic E-state index is 12.6. The molecular formula is C19H22BrN3OS. The number of nitrogens with zero attached hydrogens (tertiary/aromatic N) is 3. The van der Waals surface area contributed by atoms with Crippen LogP contribution in [0.4, 0.5) is 0 Å². The highest BCUT2D eigenvalue weighted by atomic mass is 79.9. The van der Waals surface area contributed by atoms with Crippen molar-refractivity contribution in [3.05, 3.63) is 39.1 Å². The van der Waals surface area contributed by atoms with Gasteiger partial charge >= 0.3 is 0 Å². The molecule has 1 heterocycles. The zero-order valence-corrected chi connectivity index (χ0v) is 16.9. The molecule has 4 nitrogen and oxygen atoms in total. The Morgan fingerprint density at radius 2 is 1.92 bits per heavy atom. The number of hydrogen-bond acceptors (Lipinski definition) is 5. The molecule has 1 unspecified atom stereocenters. The summed E-state index contributed by atoms with van der Waals surface area (Å²) in [6, 6.07) is 9.99. The van der Waals surface area contributed by atoms with E-state index in [1.54, 1.807) is 0 Å². The number of halogens is 1. The van der Waals surface area contributed by atoms with Crippen molar-refractivity contribution in [1.82, 2.24) is 9.88 Å². The van der Waals surface area contributed by atoms with Crippen LogP contribution in [0.2, 0.25) is 0 Å². The van der Waals surface area contributed by atoms with Crippen LogP contribution in [0.3, 0.4) is 0 Å². The van der Waals surface area contributed by atoms with Gasteiger partial charge in [0.25, 0.3) is 0 Å². The van der Waals surface area contributed by atoms with Crippen LogP contribution in [-0.4, -0.2) is 35.3 Å². The summed E-state index contributed by atoms with van der Waals surface area (Å²) in [4.78, 5) is 19.3. The molecule has 0 saturated heterocycles. The van der Waals surface area contributed by atoms with Crippen molar-refractivity contribution in [1.29, 1.82) is 5.26 Å². The van der Waals surface area contributed by atoms with Crippen molar-refractivity contribution < 1.29 is 4.79 Å². The summed E-state index contributed by atoms with van der Waals surface area (Å²) in [5.41, 5.74) is 1.79. The van der Waals surface area contributed by atoms with E-state index in [-0.39, 0.29) is 5.78 Å². The van der Waals surface area contributed by atoms with Crippen LogP contribution in [0.15, 0.2) is 34.1 Å². The minimum Gasteiger partial charge on any atom is -0.296 e. The summed E-state index contributed by atoms with van der Waals surface area (Å²) in [7, 11) is 0. The normalized spacial score (nSPS) is 12.1. The van der Waals surface area contributed by atoms with E-state index < -0.39 is 5.92 Å². The van der Waals surface area contributed by atoms with E-state index in [0.717, 1.165) is 41.7 Å². The largest absolute Gasteiger partial charge is 0.296 e. The zero-order chi connectivity index (χ0) is 18.2. The predicted octanol–water partition coefficient (Wildman–Crippen LogP) is 4.87. The molecule has 0 bridgehead atoms. The maximum absolute atomic E-state index is 12.6. The standard InChI is InChI=1S/C19H22BrN3OS/c1-3-9-23(10-4-2)12-18(24)16(11-21)19-22-17(13-25-19)14-5-7-15(20)8-6-14/h5-8,13,16H,3-4,9-10,12H2,1-2H3. The molecule has 1 aromatic heterocycles. The first-order valence-corrected chi connectivity index (χ1v) is 10.1. The molecule has 6 heteroatoms. The number of aromatic nitrogens is 1. The molecule has 0 spiro atoms. The van der Waals surface area contributed by atoms with E-state index >= 15 is 0 Å². The van der Waals surface area contributed by atoms with Gasteiger partial charge in [0.15, 0.2) is 11.7 Å². The average molecular weight is 420 g/mol. The zero-order valence-electron chi connectivity index (χ0n) is 14.5. The number of benzene rings is 1. The Hall–Kier alpha value is -1.55. The van der Waals surface area contributed by atoms with Crippen LogP contribution in [-0.2, 0) is 4.79 Å². The van der Waals surface area contributed by atoms with Gasteiger partial charge in [0.2, 0.25) is 0 Å². The number of nitriles is 1. The lowest BCUT2D eigenvalue weighted by Gasteiger charge is -2.20. The fourth-order valence-electron chi connectivity index (χ4n) is 2.65. The van der Waals surface area contributed by atoms with Crippen LogP contribution in [0.25, 0.3) is 11.3 Å². The number of Topliss-reactive ketones (excluding diaryl/α,β-unsaturated/α-hetero) is 1. The number of rotatable bonds is 9. The molecule has 25 heavy (non-hydrogen) atoms. The summed E-state index contributed by atoms with van der Waals surface area (Å²) >= 11 is 4.79. The van der Waals surface area contributed by atoms with Crippen LogP contribution >= 0.6 is 27.3 Å². The quantitative estimate of drug-likeness (QED) is 0.581. The third-order valence-electron chi connectivity index (χ3n) is 3.82. The summed E-state index contributed by atoms with van der Waals surface area (Å²) in [6.07, 6.45) is 1.99. The molecule has 0 saturated carbocycles. The van der Waals surface area contributed by atoms with Gasteiger partial charge in [-0.05, 0) is 38.1 Å². The smallest absolute Gasteiger partial charge is 0.170 e. The summed E-state index contributed by atoms with van der Waals surface area (Å²) < 4.78 is 1.00. The SMILES string of the molecule is CCCN(CCC)CC(=O)C(C#N)c1nc(-c2ccc(Br)cc2)cs1. The Morgan fingerprint density at radius 1 is 1.28 bits per heavy atom. The molecule has 132 valence electrons. The average Bonchev–Trinajstić information content (AvgIpc) is 3.06. The molecule has 2 rings (SSSR count). The van der Waals surface area contributed by atoms with E-state index in [1.165, 1.54) is 11.3 Å². The number of carbonyl (C=O) groups is 1. The molecule has 0 aliphatic carbocycles. The topological polar surface area (TPSA) is 57.0 Å². The Kier molecular flexibility index (Phi) is 7.76. The third kappa shape index (κ3) is 5.46. The van der Waals surface area contributed by atoms with Gasteiger partial charge in [0.1, 0.15) is 5.01 Å². The molecule has 1 atom stereocenters. The monoisotopic (exact) mass is 419 g/mol. The number of carbonyl (C=O) groups excluding carboxylic acids is 1. The molecule has 0 N–H and O–H groups in total. The first-order valence-electron chi connectivity index (χ1n) is 8.45. The second kappa shape index (κ2) is 9.81. The van der Waals surface area contributed by atoms with Crippen LogP contribution in [0, 0.1) is 11.3 Å². The lowest BCUT2D eigenvalue weighted by molar-refractivity contribution is -0.120. The highest BCUT2D eigenvalue weighted by Gasteiger charge is 2.25. The number of hydrogen-bond donors (Lipinski definition) is 0. The van der Waals surface area contributed by atoms with Gasteiger partial charge in [0, 0.05) is 15.4 Å². The minimum atomic E-state index is -0.787. The van der Waals surface area contributed by atoms with Gasteiger partial charge in [-0.3, -0.25) is 9.69 Å². The van der Waals surface area contributed by atoms with Gasteiger partial charge in [-0.2, -0.15) is 5.26 Å². The van der Waals surface area contributed by atoms with E-state index in [2.05, 4.69) is 45.7 Å². The molecule has 0 amide bonds. The lowest BCUT2D eigenvalue weighted by Crippen LogP contribution is -2.33. The van der Waals surface area contributed by atoms with Gasteiger partial charge < -0.3 is 0 Å². The van der Waals surface area contributed by atoms with Gasteiger partial charge in [-0.15, -0.1) is 11.3 Å². The van der Waals surface area contributed by atoms with Crippen LogP contribution in [0.5, 0.6) is 0 Å². The number of ketones is 1. The molecule has 2 aromatic rings. The number of thiazole rings is 1. The second-order valence-corrected chi connectivity index (χ2v) is 7.69.